The molecule has 5 rings (SSSR count). The van der Waals surface area contributed by atoms with Crippen molar-refractivity contribution in [3.8, 4) is 11.5 Å². The number of aryl methyl sites for hydroxylation is 1. The highest BCUT2D eigenvalue weighted by atomic mass is 32.2. The molecule has 1 aromatic heterocycles. The lowest BCUT2D eigenvalue weighted by Gasteiger charge is -2.31. The second-order valence-corrected chi connectivity index (χ2v) is 11.9. The van der Waals surface area contributed by atoms with Gasteiger partial charge in [0.25, 0.3) is 0 Å². The third-order valence-corrected chi connectivity index (χ3v) is 8.42. The van der Waals surface area contributed by atoms with Crippen LogP contribution in [0, 0.1) is 6.92 Å². The zero-order chi connectivity index (χ0) is 29.5. The lowest BCUT2D eigenvalue weighted by molar-refractivity contribution is -0.104. The molecule has 8 nitrogen and oxygen atoms in total. The lowest BCUT2D eigenvalue weighted by Crippen LogP contribution is -2.30. The second kappa shape index (κ2) is 13.9. The predicted molar refractivity (Wildman–Crippen MR) is 168 cm³/mol. The minimum atomic E-state index is 0.0230. The molecule has 0 spiro atoms. The average molecular weight is 586 g/mol. The summed E-state index contributed by atoms with van der Waals surface area (Å²) in [6.07, 6.45) is 12.2. The molecule has 0 saturated carbocycles. The standard InChI is InChI=1S/C33H39N5O3S/c1-5-28(40-32(15-19-39)38-16-7-6-8-17-38)25-10-9-11-30-33(25)41-29-13-12-24(20-31(29)42-30)36-26(14-18-37(3)4)27-22-34-23(2)21-35-27/h5,9-13,15,19-22,26,36H,6-8,14,16-18H2,1-4H3/b28-5-,32-15-. The first-order valence-corrected chi connectivity index (χ1v) is 15.3. The van der Waals surface area contributed by atoms with Crippen molar-refractivity contribution in [2.45, 2.75) is 55.4 Å². The van der Waals surface area contributed by atoms with Gasteiger partial charge in [-0.15, -0.1) is 0 Å². The van der Waals surface area contributed by atoms with E-state index in [1.807, 2.05) is 56.6 Å². The van der Waals surface area contributed by atoms with E-state index in [0.29, 0.717) is 11.6 Å². The lowest BCUT2D eigenvalue weighted by atomic mass is 10.1. The summed E-state index contributed by atoms with van der Waals surface area (Å²) in [6.45, 7) is 6.57. The van der Waals surface area contributed by atoms with Crippen molar-refractivity contribution >= 4 is 29.5 Å². The van der Waals surface area contributed by atoms with Crippen LogP contribution in [-0.2, 0) is 9.53 Å². The summed E-state index contributed by atoms with van der Waals surface area (Å²) >= 11 is 1.67. The van der Waals surface area contributed by atoms with Crippen molar-refractivity contribution in [2.24, 2.45) is 0 Å². The van der Waals surface area contributed by atoms with Gasteiger partial charge in [0.15, 0.2) is 11.6 Å². The fourth-order valence-electron chi connectivity index (χ4n) is 5.11. The molecule has 0 aliphatic carbocycles. The largest absolute Gasteiger partial charge is 0.454 e. The van der Waals surface area contributed by atoms with Crippen LogP contribution in [0.25, 0.3) is 5.76 Å². The number of fused-ring (bicyclic) bond motifs is 2. The van der Waals surface area contributed by atoms with Gasteiger partial charge in [-0.25, -0.2) is 0 Å². The van der Waals surface area contributed by atoms with E-state index in [1.54, 1.807) is 11.8 Å². The van der Waals surface area contributed by atoms with Crippen LogP contribution in [0.1, 0.15) is 55.6 Å². The van der Waals surface area contributed by atoms with E-state index in [-0.39, 0.29) is 6.04 Å². The summed E-state index contributed by atoms with van der Waals surface area (Å²) in [5.41, 5.74) is 3.68. The van der Waals surface area contributed by atoms with Crippen LogP contribution < -0.4 is 10.1 Å². The Hall–Kier alpha value is -3.82. The number of nitrogens with one attached hydrogen (secondary N) is 1. The summed E-state index contributed by atoms with van der Waals surface area (Å²) in [4.78, 5) is 26.9. The van der Waals surface area contributed by atoms with Gasteiger partial charge in [-0.3, -0.25) is 14.8 Å². The zero-order valence-corrected chi connectivity index (χ0v) is 25.6. The Morgan fingerprint density at radius 1 is 1.14 bits per heavy atom. The Morgan fingerprint density at radius 3 is 2.69 bits per heavy atom. The quantitative estimate of drug-likeness (QED) is 0.113. The van der Waals surface area contributed by atoms with Crippen molar-refractivity contribution in [3.63, 3.8) is 0 Å². The van der Waals surface area contributed by atoms with Gasteiger partial charge < -0.3 is 24.6 Å². The molecule has 0 radical (unpaired) electrons. The number of carbonyl (C=O) groups is 1. The molecular formula is C33H39N5O3S. The van der Waals surface area contributed by atoms with Gasteiger partial charge in [-0.1, -0.05) is 17.8 Å². The normalized spacial score (nSPS) is 15.9. The minimum Gasteiger partial charge on any atom is -0.454 e. The SMILES string of the molecule is C/C=C(\O/C(=C\C=O)N1CCCCC1)c1cccc2c1Oc1ccc(NC(CCN(C)C)c3cnc(C)cn3)cc1S2. The summed E-state index contributed by atoms with van der Waals surface area (Å²) < 4.78 is 12.9. The van der Waals surface area contributed by atoms with Crippen molar-refractivity contribution in [2.75, 3.05) is 39.0 Å². The molecule has 0 amide bonds. The number of aldehydes is 1. The van der Waals surface area contributed by atoms with E-state index in [1.165, 1.54) is 12.5 Å². The van der Waals surface area contributed by atoms with Crippen LogP contribution in [0.2, 0.25) is 0 Å². The summed E-state index contributed by atoms with van der Waals surface area (Å²) in [6, 6.07) is 12.3. The Morgan fingerprint density at radius 2 is 1.98 bits per heavy atom. The molecule has 1 unspecified atom stereocenters. The summed E-state index contributed by atoms with van der Waals surface area (Å²) in [7, 11) is 4.15. The summed E-state index contributed by atoms with van der Waals surface area (Å²) in [5, 5.41) is 3.68. The van der Waals surface area contributed by atoms with Gasteiger partial charge in [0.2, 0.25) is 0 Å². The molecule has 220 valence electrons. The van der Waals surface area contributed by atoms with Crippen LogP contribution in [0.15, 0.2) is 76.6 Å². The maximum absolute atomic E-state index is 11.4. The molecular weight excluding hydrogens is 546 g/mol. The Balaban J connectivity index is 1.36. The number of para-hydroxylation sites is 1. The van der Waals surface area contributed by atoms with Gasteiger partial charge in [-0.05, 0) is 96.6 Å². The molecule has 42 heavy (non-hydrogen) atoms. The van der Waals surface area contributed by atoms with Gasteiger partial charge in [0.1, 0.15) is 17.8 Å². The first kappa shape index (κ1) is 29.7. The van der Waals surface area contributed by atoms with E-state index in [4.69, 9.17) is 9.47 Å². The third-order valence-electron chi connectivity index (χ3n) is 7.34. The Bertz CT molecular complexity index is 1450. The minimum absolute atomic E-state index is 0.0230. The molecule has 9 heteroatoms. The molecule has 3 heterocycles. The zero-order valence-electron chi connectivity index (χ0n) is 24.8. The monoisotopic (exact) mass is 585 g/mol. The smallest absolute Gasteiger partial charge is 0.199 e. The second-order valence-electron chi connectivity index (χ2n) is 10.8. The van der Waals surface area contributed by atoms with E-state index >= 15 is 0 Å². The van der Waals surface area contributed by atoms with Crippen LogP contribution in [0.3, 0.4) is 0 Å². The number of anilines is 1. The molecule has 2 aliphatic rings. The highest BCUT2D eigenvalue weighted by molar-refractivity contribution is 7.99. The Kier molecular flexibility index (Phi) is 9.81. The van der Waals surface area contributed by atoms with E-state index in [2.05, 4.69) is 51.3 Å². The Labute approximate surface area is 252 Å². The number of hydrogen-bond acceptors (Lipinski definition) is 9. The molecule has 1 saturated heterocycles. The van der Waals surface area contributed by atoms with Crippen molar-refractivity contribution in [1.29, 1.82) is 0 Å². The number of likely N-dealkylation sites (tertiary alicyclic amines) is 1. The topological polar surface area (TPSA) is 79.8 Å². The van der Waals surface area contributed by atoms with Crippen LogP contribution in [0.4, 0.5) is 5.69 Å². The predicted octanol–water partition coefficient (Wildman–Crippen LogP) is 7.05. The van der Waals surface area contributed by atoms with Crippen molar-refractivity contribution in [1.82, 2.24) is 19.8 Å². The molecule has 1 fully saturated rings. The van der Waals surface area contributed by atoms with Crippen LogP contribution in [-0.4, -0.2) is 59.8 Å². The number of carbonyl (C=O) groups excluding carboxylic acids is 1. The molecule has 2 aliphatic heterocycles. The number of allylic oxidation sites excluding steroid dienone is 2. The number of hydrogen-bond donors (Lipinski definition) is 1. The van der Waals surface area contributed by atoms with Crippen molar-refractivity contribution < 1.29 is 14.3 Å². The number of piperidine rings is 1. The van der Waals surface area contributed by atoms with E-state index < -0.39 is 0 Å². The van der Waals surface area contributed by atoms with E-state index in [9.17, 15) is 4.79 Å². The molecule has 1 N–H and O–H groups in total. The first-order chi connectivity index (χ1) is 20.4. The number of rotatable bonds is 11. The number of aromatic nitrogens is 2. The fourth-order valence-corrected chi connectivity index (χ4v) is 6.13. The molecule has 3 aromatic rings. The van der Waals surface area contributed by atoms with Gasteiger partial charge in [0, 0.05) is 31.0 Å². The molecule has 2 aromatic carbocycles. The van der Waals surface area contributed by atoms with Gasteiger partial charge in [0.05, 0.1) is 39.0 Å². The fraction of sp³-hybridized carbons (Fsp3) is 0.364. The average Bonchev–Trinajstić information content (AvgIpc) is 3.01. The van der Waals surface area contributed by atoms with Gasteiger partial charge in [-0.2, -0.15) is 0 Å². The van der Waals surface area contributed by atoms with Crippen LogP contribution >= 0.6 is 11.8 Å². The van der Waals surface area contributed by atoms with Crippen LogP contribution in [0.5, 0.6) is 11.5 Å². The molecule has 1 atom stereocenters. The third kappa shape index (κ3) is 7.14. The number of nitrogens with zero attached hydrogens (tertiary/aromatic N) is 4. The highest BCUT2D eigenvalue weighted by Crippen LogP contribution is 2.50. The van der Waals surface area contributed by atoms with Gasteiger partial charge >= 0.3 is 0 Å². The maximum atomic E-state index is 11.4. The molecule has 0 bridgehead atoms. The summed E-state index contributed by atoms with van der Waals surface area (Å²) in [5.74, 6) is 2.79. The maximum Gasteiger partial charge on any atom is 0.199 e. The highest BCUT2D eigenvalue weighted by Gasteiger charge is 2.25. The van der Waals surface area contributed by atoms with E-state index in [0.717, 1.165) is 89.1 Å². The van der Waals surface area contributed by atoms with Crippen molar-refractivity contribution in [3.05, 3.63) is 83.8 Å². The number of benzene rings is 2. The number of ether oxygens (including phenoxy) is 2. The first-order valence-electron chi connectivity index (χ1n) is 14.5.